The van der Waals surface area contributed by atoms with Crippen molar-refractivity contribution in [2.45, 2.75) is 34.7 Å². The lowest BCUT2D eigenvalue weighted by Gasteiger charge is -2.40. The van der Waals surface area contributed by atoms with Crippen LogP contribution in [0.25, 0.3) is 0 Å². The Labute approximate surface area is 133 Å². The third kappa shape index (κ3) is 3.54. The number of ether oxygens (including phenoxy) is 1. The van der Waals surface area contributed by atoms with Crippen molar-refractivity contribution in [1.29, 1.82) is 5.26 Å². The van der Waals surface area contributed by atoms with Crippen LogP contribution in [0.15, 0.2) is 21.6 Å². The van der Waals surface area contributed by atoms with Crippen LogP contribution >= 0.6 is 27.7 Å². The van der Waals surface area contributed by atoms with Crippen molar-refractivity contribution in [3.05, 3.63) is 22.4 Å². The quantitative estimate of drug-likeness (QED) is 0.559. The second-order valence-electron chi connectivity index (χ2n) is 4.51. The van der Waals surface area contributed by atoms with Crippen LogP contribution in [0, 0.1) is 11.3 Å². The van der Waals surface area contributed by atoms with Gasteiger partial charge in [-0.25, -0.2) is 4.98 Å². The van der Waals surface area contributed by atoms with Crippen LogP contribution < -0.4 is 5.73 Å². The third-order valence-electron chi connectivity index (χ3n) is 3.11. The average Bonchev–Trinajstić information content (AvgIpc) is 2.48. The first-order chi connectivity index (χ1) is 9.97. The van der Waals surface area contributed by atoms with Gasteiger partial charge in [0.2, 0.25) is 0 Å². The zero-order chi connectivity index (χ0) is 15.6. The van der Waals surface area contributed by atoms with Crippen LogP contribution in [0.2, 0.25) is 0 Å². The zero-order valence-electron chi connectivity index (χ0n) is 10.8. The molecule has 114 valence electrons. The molecule has 0 spiro atoms. The summed E-state index contributed by atoms with van der Waals surface area (Å²) in [5.74, 6) is 0. The topological polar surface area (TPSA) is 133 Å². The van der Waals surface area contributed by atoms with Crippen LogP contribution in [0.1, 0.15) is 5.69 Å². The van der Waals surface area contributed by atoms with Gasteiger partial charge in [0.05, 0.1) is 12.6 Å². The molecule has 1 aliphatic heterocycles. The smallest absolute Gasteiger partial charge is 0.154 e. The lowest BCUT2D eigenvalue weighted by atomic mass is 9.98. The summed E-state index contributed by atoms with van der Waals surface area (Å²) in [6.45, 7) is -0.416. The summed E-state index contributed by atoms with van der Waals surface area (Å²) in [5, 5.41) is 38.1. The largest absolute Gasteiger partial charge is 0.394 e. The second-order valence-corrected chi connectivity index (χ2v) is 6.57. The fourth-order valence-corrected chi connectivity index (χ4v) is 3.59. The van der Waals surface area contributed by atoms with Gasteiger partial charge < -0.3 is 25.8 Å². The number of nitrogens with two attached hydrogens (primary N) is 1. The van der Waals surface area contributed by atoms with Crippen molar-refractivity contribution < 1.29 is 20.1 Å². The molecule has 7 nitrogen and oxygen atoms in total. The molecule has 0 radical (unpaired) electrons. The highest BCUT2D eigenvalue weighted by atomic mass is 79.9. The molecule has 1 aromatic heterocycles. The van der Waals surface area contributed by atoms with Gasteiger partial charge in [-0.2, -0.15) is 5.26 Å². The fraction of sp³-hybridized carbons (Fsp3) is 0.500. The Morgan fingerprint density at radius 1 is 1.48 bits per heavy atom. The molecular formula is C12H14BrN3O4S. The van der Waals surface area contributed by atoms with Crippen molar-refractivity contribution in [3.63, 3.8) is 0 Å². The molecule has 1 aliphatic rings. The van der Waals surface area contributed by atoms with E-state index in [1.165, 1.54) is 6.20 Å². The maximum Gasteiger partial charge on any atom is 0.154 e. The number of hydrogen-bond donors (Lipinski definition) is 4. The molecule has 2 rings (SSSR count). The molecule has 0 aliphatic carbocycles. The number of thioether (sulfide) groups is 1. The number of aliphatic hydroxyl groups is 3. The number of aromatic nitrogens is 1. The zero-order valence-corrected chi connectivity index (χ0v) is 13.2. The summed E-state index contributed by atoms with van der Waals surface area (Å²) in [6, 6.07) is 2.68. The third-order valence-corrected chi connectivity index (χ3v) is 4.73. The lowest BCUT2D eigenvalue weighted by Crippen LogP contribution is -2.61. The Kier molecular flexibility index (Phi) is 5.56. The number of halogens is 1. The van der Waals surface area contributed by atoms with Crippen molar-refractivity contribution >= 4 is 27.7 Å². The first-order valence-electron chi connectivity index (χ1n) is 6.08. The summed E-state index contributed by atoms with van der Waals surface area (Å²) >= 11 is 4.33. The standard InChI is InChI=1S/C12H14BrN3O4S/c13-5-1-8(6(2-14)16-3-5)21-12-11(19)9(15)10(18)7(4-17)20-12/h1,3,7,9-12,17-19H,4,15H2. The molecule has 1 fully saturated rings. The van der Waals surface area contributed by atoms with Crippen LogP contribution in [0.5, 0.6) is 0 Å². The highest BCUT2D eigenvalue weighted by molar-refractivity contribution is 9.10. The molecule has 21 heavy (non-hydrogen) atoms. The van der Waals surface area contributed by atoms with Crippen LogP contribution in [0.3, 0.4) is 0 Å². The van der Waals surface area contributed by atoms with E-state index in [1.807, 2.05) is 6.07 Å². The number of nitrogens with zero attached hydrogens (tertiary/aromatic N) is 2. The Balaban J connectivity index is 2.22. The van der Waals surface area contributed by atoms with Gasteiger partial charge in [0.1, 0.15) is 29.8 Å². The lowest BCUT2D eigenvalue weighted by molar-refractivity contribution is -0.160. The maximum atomic E-state index is 10.1. The predicted octanol–water partition coefficient (Wildman–Crippen LogP) is -0.426. The van der Waals surface area contributed by atoms with E-state index in [0.29, 0.717) is 9.37 Å². The molecule has 1 aromatic rings. The highest BCUT2D eigenvalue weighted by Gasteiger charge is 2.43. The van der Waals surface area contributed by atoms with Gasteiger partial charge in [-0.05, 0) is 22.0 Å². The van der Waals surface area contributed by atoms with Gasteiger partial charge in [-0.1, -0.05) is 11.8 Å². The fourth-order valence-electron chi connectivity index (χ4n) is 1.93. The normalized spacial score (nSPS) is 32.7. The van der Waals surface area contributed by atoms with Crippen molar-refractivity contribution in [3.8, 4) is 6.07 Å². The van der Waals surface area contributed by atoms with E-state index in [1.54, 1.807) is 6.07 Å². The number of hydrogen-bond acceptors (Lipinski definition) is 8. The van der Waals surface area contributed by atoms with Gasteiger partial charge >= 0.3 is 0 Å². The van der Waals surface area contributed by atoms with Gasteiger partial charge in [0.25, 0.3) is 0 Å². The van der Waals surface area contributed by atoms with Gasteiger partial charge in [-0.3, -0.25) is 0 Å². The summed E-state index contributed by atoms with van der Waals surface area (Å²) in [7, 11) is 0. The Morgan fingerprint density at radius 2 is 2.19 bits per heavy atom. The van der Waals surface area contributed by atoms with E-state index in [2.05, 4.69) is 20.9 Å². The van der Waals surface area contributed by atoms with E-state index >= 15 is 0 Å². The van der Waals surface area contributed by atoms with E-state index in [4.69, 9.17) is 15.7 Å². The summed E-state index contributed by atoms with van der Waals surface area (Å²) < 4.78 is 6.13. The van der Waals surface area contributed by atoms with Crippen molar-refractivity contribution in [2.75, 3.05) is 6.61 Å². The molecule has 2 heterocycles. The molecule has 9 heteroatoms. The first kappa shape index (κ1) is 16.6. The van der Waals surface area contributed by atoms with E-state index in [0.717, 1.165) is 11.8 Å². The Morgan fingerprint density at radius 3 is 2.81 bits per heavy atom. The minimum absolute atomic E-state index is 0.194. The minimum atomic E-state index is -1.15. The van der Waals surface area contributed by atoms with Gasteiger partial charge in [0.15, 0.2) is 5.69 Å². The minimum Gasteiger partial charge on any atom is -0.394 e. The molecule has 0 saturated carbocycles. The van der Waals surface area contributed by atoms with Crippen molar-refractivity contribution in [2.24, 2.45) is 5.73 Å². The molecular weight excluding hydrogens is 362 g/mol. The van der Waals surface area contributed by atoms with Crippen LogP contribution in [0.4, 0.5) is 0 Å². The maximum absolute atomic E-state index is 10.1. The number of nitriles is 1. The van der Waals surface area contributed by atoms with E-state index in [9.17, 15) is 15.3 Å². The van der Waals surface area contributed by atoms with E-state index < -0.39 is 36.4 Å². The number of aliphatic hydroxyl groups excluding tert-OH is 3. The average molecular weight is 376 g/mol. The molecule has 1 saturated heterocycles. The predicted molar refractivity (Wildman–Crippen MR) is 78.2 cm³/mol. The van der Waals surface area contributed by atoms with Crippen LogP contribution in [-0.2, 0) is 4.74 Å². The summed E-state index contributed by atoms with van der Waals surface area (Å²) in [4.78, 5) is 4.47. The molecule has 0 bridgehead atoms. The van der Waals surface area contributed by atoms with Gasteiger partial charge in [0, 0.05) is 15.6 Å². The molecule has 5 unspecified atom stereocenters. The SMILES string of the molecule is N#Cc1ncc(Br)cc1SC1OC(CO)C(O)C(N)C1O. The first-order valence-corrected chi connectivity index (χ1v) is 7.75. The molecule has 5 atom stereocenters. The Bertz CT molecular complexity index is 554. The molecule has 0 aromatic carbocycles. The second kappa shape index (κ2) is 7.02. The summed E-state index contributed by atoms with van der Waals surface area (Å²) in [6.07, 6.45) is -1.69. The molecule has 0 amide bonds. The highest BCUT2D eigenvalue weighted by Crippen LogP contribution is 2.34. The van der Waals surface area contributed by atoms with Gasteiger partial charge in [-0.15, -0.1) is 0 Å². The van der Waals surface area contributed by atoms with E-state index in [-0.39, 0.29) is 5.69 Å². The Hall–Kier alpha value is -0.730. The molecule has 5 N–H and O–H groups in total. The monoisotopic (exact) mass is 375 g/mol. The van der Waals surface area contributed by atoms with Crippen molar-refractivity contribution in [1.82, 2.24) is 4.98 Å². The van der Waals surface area contributed by atoms with Crippen LogP contribution in [-0.4, -0.2) is 56.7 Å². The summed E-state index contributed by atoms with van der Waals surface area (Å²) in [5.41, 5.74) is 5.12. The number of pyridine rings is 1. The number of rotatable bonds is 3.